The van der Waals surface area contributed by atoms with Gasteiger partial charge < -0.3 is 19.8 Å². The summed E-state index contributed by atoms with van der Waals surface area (Å²) in [5.41, 5.74) is -1.81. The average molecular weight is 474 g/mol. The second kappa shape index (κ2) is 10.3. The number of hydrogen-bond acceptors (Lipinski definition) is 9. The van der Waals surface area contributed by atoms with E-state index in [-0.39, 0.29) is 31.2 Å². The first-order chi connectivity index (χ1) is 15.7. The molecule has 0 spiro atoms. The Bertz CT molecular complexity index is 1040. The predicted octanol–water partition coefficient (Wildman–Crippen LogP) is -0.568. The number of piperazine rings is 1. The van der Waals surface area contributed by atoms with Crippen LogP contribution in [0.4, 0.5) is 24.7 Å². The van der Waals surface area contributed by atoms with E-state index in [1.165, 1.54) is 4.90 Å². The van der Waals surface area contributed by atoms with Crippen LogP contribution in [0, 0.1) is 11.8 Å². The topological polar surface area (TPSA) is 112 Å². The summed E-state index contributed by atoms with van der Waals surface area (Å²) in [5.74, 6) is 2.75. The van der Waals surface area contributed by atoms with E-state index < -0.39 is 29.7 Å². The molecular weight excluding hydrogens is 449 g/mol. The molecule has 0 amide bonds. The highest BCUT2D eigenvalue weighted by Gasteiger charge is 2.50. The van der Waals surface area contributed by atoms with Gasteiger partial charge in [0, 0.05) is 32.8 Å². The maximum Gasteiger partial charge on any atom is 0.493 e. The van der Waals surface area contributed by atoms with Crippen molar-refractivity contribution in [3.05, 3.63) is 20.8 Å². The van der Waals surface area contributed by atoms with Crippen molar-refractivity contribution >= 4 is 17.5 Å². The van der Waals surface area contributed by atoms with E-state index in [9.17, 15) is 27.6 Å². The van der Waals surface area contributed by atoms with Crippen LogP contribution < -0.4 is 26.5 Å². The molecule has 1 aromatic rings. The number of carbonyl (C=O) groups excluding carboxylic acids is 1. The Kier molecular flexibility index (Phi) is 7.67. The lowest BCUT2D eigenvalue weighted by Gasteiger charge is -2.40. The summed E-state index contributed by atoms with van der Waals surface area (Å²) in [4.78, 5) is 47.5. The second-order valence-electron chi connectivity index (χ2n) is 7.17. The van der Waals surface area contributed by atoms with Crippen LogP contribution in [0.15, 0.2) is 9.59 Å². The second-order valence-corrected chi connectivity index (χ2v) is 7.17. The molecular formula is C19H25F3N6O5. The number of fused-ring (bicyclic) bond motifs is 1. The average Bonchev–Trinajstić information content (AvgIpc) is 3.08. The number of ether oxygens (including phenoxy) is 1. The first-order valence-electron chi connectivity index (χ1n) is 10.3. The summed E-state index contributed by atoms with van der Waals surface area (Å²) in [7, 11) is 0. The lowest BCUT2D eigenvalue weighted by molar-refractivity contribution is -0.203. The number of anilines is 2. The van der Waals surface area contributed by atoms with Crippen molar-refractivity contribution in [3.8, 4) is 11.8 Å². The van der Waals surface area contributed by atoms with Crippen molar-refractivity contribution in [1.82, 2.24) is 19.8 Å². The van der Waals surface area contributed by atoms with E-state index in [0.29, 0.717) is 37.8 Å². The standard InChI is InChI=1S/C19H25F3N6O5/c1-3-5-8-26-13-14(29)24-17(31)27(11-12-32-4-2)15(13)28(33-16(30)19(20,21)22)18(26)25-9-6-23-7-10-25/h18,23H,4,6-12H2,1-2H3,(H,24,29,31). The minimum absolute atomic E-state index is 0.0447. The first kappa shape index (κ1) is 24.6. The summed E-state index contributed by atoms with van der Waals surface area (Å²) < 4.78 is 45.7. The SMILES string of the molecule is CC#CCN1c2c(n(CCOCC)c(=O)[nH]c2=O)N(OC(=O)C(F)(F)F)C1N1CCNCC1. The summed E-state index contributed by atoms with van der Waals surface area (Å²) in [6, 6.07) is 0. The van der Waals surface area contributed by atoms with E-state index in [0.717, 1.165) is 4.57 Å². The number of aromatic nitrogens is 2. The Hall–Kier alpha value is -3.02. The minimum Gasteiger partial charge on any atom is -0.380 e. The lowest BCUT2D eigenvalue weighted by Crippen LogP contribution is -2.61. The third-order valence-electron chi connectivity index (χ3n) is 5.11. The van der Waals surface area contributed by atoms with Gasteiger partial charge in [-0.05, 0) is 13.8 Å². The smallest absolute Gasteiger partial charge is 0.380 e. The third-order valence-corrected chi connectivity index (χ3v) is 5.11. The Morgan fingerprint density at radius 2 is 1.94 bits per heavy atom. The molecule has 14 heteroatoms. The summed E-state index contributed by atoms with van der Waals surface area (Å²) >= 11 is 0. The fraction of sp³-hybridized carbons (Fsp3) is 0.632. The molecule has 0 saturated carbocycles. The molecule has 0 aromatic carbocycles. The molecule has 1 fully saturated rings. The summed E-state index contributed by atoms with van der Waals surface area (Å²) in [6.07, 6.45) is -6.40. The maximum absolute atomic E-state index is 13.1. The molecule has 0 aliphatic carbocycles. The zero-order valence-corrected chi connectivity index (χ0v) is 18.2. The quantitative estimate of drug-likeness (QED) is 0.397. The first-order valence-corrected chi connectivity index (χ1v) is 10.3. The van der Waals surface area contributed by atoms with Crippen LogP contribution in [0.25, 0.3) is 0 Å². The van der Waals surface area contributed by atoms with Gasteiger partial charge in [-0.15, -0.1) is 11.0 Å². The fourth-order valence-electron chi connectivity index (χ4n) is 3.71. The molecule has 1 aromatic heterocycles. The van der Waals surface area contributed by atoms with Gasteiger partial charge in [0.1, 0.15) is 0 Å². The van der Waals surface area contributed by atoms with Gasteiger partial charge in [0.15, 0.2) is 17.8 Å². The number of H-pyrrole nitrogens is 1. The molecule has 3 heterocycles. The van der Waals surface area contributed by atoms with Crippen molar-refractivity contribution in [2.75, 3.05) is 55.9 Å². The molecule has 1 unspecified atom stereocenters. The van der Waals surface area contributed by atoms with E-state index in [4.69, 9.17) is 9.57 Å². The van der Waals surface area contributed by atoms with Gasteiger partial charge in [-0.2, -0.15) is 13.2 Å². The van der Waals surface area contributed by atoms with Crippen LogP contribution in [-0.4, -0.2) is 78.8 Å². The number of hydroxylamine groups is 1. The molecule has 0 radical (unpaired) electrons. The van der Waals surface area contributed by atoms with Crippen LogP contribution in [0.2, 0.25) is 0 Å². The highest BCUT2D eigenvalue weighted by atomic mass is 19.4. The van der Waals surface area contributed by atoms with Crippen molar-refractivity contribution in [2.45, 2.75) is 32.9 Å². The molecule has 2 aliphatic heterocycles. The molecule has 33 heavy (non-hydrogen) atoms. The zero-order chi connectivity index (χ0) is 24.2. The monoisotopic (exact) mass is 474 g/mol. The molecule has 3 rings (SSSR count). The Balaban J connectivity index is 2.19. The third kappa shape index (κ3) is 5.15. The van der Waals surface area contributed by atoms with Gasteiger partial charge in [0.25, 0.3) is 5.56 Å². The lowest BCUT2D eigenvalue weighted by atomic mass is 10.3. The summed E-state index contributed by atoms with van der Waals surface area (Å²) in [6.45, 7) is 5.37. The van der Waals surface area contributed by atoms with E-state index in [1.807, 2.05) is 0 Å². The normalized spacial score (nSPS) is 18.6. The fourth-order valence-corrected chi connectivity index (χ4v) is 3.71. The van der Waals surface area contributed by atoms with E-state index >= 15 is 0 Å². The van der Waals surface area contributed by atoms with Crippen molar-refractivity contribution < 1.29 is 27.5 Å². The maximum atomic E-state index is 13.1. The Morgan fingerprint density at radius 3 is 2.55 bits per heavy atom. The van der Waals surface area contributed by atoms with Crippen LogP contribution in [-0.2, 0) is 20.9 Å². The largest absolute Gasteiger partial charge is 0.493 e. The predicted molar refractivity (Wildman–Crippen MR) is 111 cm³/mol. The number of nitrogens with zero attached hydrogens (tertiary/aromatic N) is 4. The number of aromatic amines is 1. The van der Waals surface area contributed by atoms with E-state index in [1.54, 1.807) is 18.7 Å². The molecule has 182 valence electrons. The van der Waals surface area contributed by atoms with Crippen LogP contribution in [0.5, 0.6) is 0 Å². The number of hydrogen-bond donors (Lipinski definition) is 2. The van der Waals surface area contributed by atoms with Crippen molar-refractivity contribution in [1.29, 1.82) is 0 Å². The number of halogens is 3. The van der Waals surface area contributed by atoms with Gasteiger partial charge in [0.2, 0.25) is 0 Å². The van der Waals surface area contributed by atoms with Gasteiger partial charge in [-0.25, -0.2) is 9.59 Å². The molecule has 2 aliphatic rings. The number of carbonyl (C=O) groups is 1. The highest BCUT2D eigenvalue weighted by molar-refractivity contribution is 5.80. The molecule has 1 atom stereocenters. The van der Waals surface area contributed by atoms with Crippen molar-refractivity contribution in [3.63, 3.8) is 0 Å². The van der Waals surface area contributed by atoms with Gasteiger partial charge >= 0.3 is 17.8 Å². The Morgan fingerprint density at radius 1 is 1.24 bits per heavy atom. The van der Waals surface area contributed by atoms with Gasteiger partial charge in [-0.1, -0.05) is 5.92 Å². The molecule has 11 nitrogen and oxygen atoms in total. The zero-order valence-electron chi connectivity index (χ0n) is 18.2. The Labute approximate surface area is 187 Å². The number of alkyl halides is 3. The van der Waals surface area contributed by atoms with Gasteiger partial charge in [-0.3, -0.25) is 19.2 Å². The van der Waals surface area contributed by atoms with Crippen molar-refractivity contribution in [2.24, 2.45) is 0 Å². The molecule has 0 bridgehead atoms. The highest BCUT2D eigenvalue weighted by Crippen LogP contribution is 2.38. The minimum atomic E-state index is -5.29. The van der Waals surface area contributed by atoms with Crippen LogP contribution >= 0.6 is 0 Å². The number of nitrogens with one attached hydrogen (secondary N) is 2. The van der Waals surface area contributed by atoms with Crippen LogP contribution in [0.3, 0.4) is 0 Å². The number of rotatable bonds is 7. The van der Waals surface area contributed by atoms with E-state index in [2.05, 4.69) is 22.1 Å². The van der Waals surface area contributed by atoms with Gasteiger partial charge in [0.05, 0.1) is 19.7 Å². The molecule has 1 saturated heterocycles. The molecule has 2 N–H and O–H groups in total. The van der Waals surface area contributed by atoms with Crippen LogP contribution in [0.1, 0.15) is 13.8 Å². The summed E-state index contributed by atoms with van der Waals surface area (Å²) in [5, 5.41) is 3.82.